The largest absolute Gasteiger partial charge is 0.450 e. The van der Waals surface area contributed by atoms with Gasteiger partial charge in [-0.1, -0.05) is 45.7 Å². The zero-order valence-corrected chi connectivity index (χ0v) is 14.6. The lowest BCUT2D eigenvalue weighted by molar-refractivity contribution is -0.385. The molecule has 21 heavy (non-hydrogen) atoms. The van der Waals surface area contributed by atoms with E-state index >= 15 is 0 Å². The molecule has 0 saturated carbocycles. The van der Waals surface area contributed by atoms with Gasteiger partial charge >= 0.3 is 5.69 Å². The summed E-state index contributed by atoms with van der Waals surface area (Å²) in [4.78, 5) is 10.7. The molecule has 4 nitrogen and oxygen atoms in total. The number of halogens is 2. The maximum absolute atomic E-state index is 11.1. The summed E-state index contributed by atoms with van der Waals surface area (Å²) in [6, 6.07) is 10.3. The van der Waals surface area contributed by atoms with Crippen LogP contribution >= 0.6 is 31.9 Å². The lowest BCUT2D eigenvalue weighted by Gasteiger charge is -2.14. The summed E-state index contributed by atoms with van der Waals surface area (Å²) in [7, 11) is 0. The Labute approximate surface area is 139 Å². The van der Waals surface area contributed by atoms with Crippen LogP contribution in [-0.4, -0.2) is 4.92 Å². The molecule has 6 heteroatoms. The lowest BCUT2D eigenvalue weighted by Crippen LogP contribution is -1.97. The van der Waals surface area contributed by atoms with Gasteiger partial charge < -0.3 is 4.74 Å². The summed E-state index contributed by atoms with van der Waals surface area (Å²) in [5.41, 5.74) is 0.925. The van der Waals surface area contributed by atoms with Gasteiger partial charge in [0.2, 0.25) is 5.75 Å². The third-order valence-electron chi connectivity index (χ3n) is 2.93. The fourth-order valence-electron chi connectivity index (χ4n) is 1.90. The summed E-state index contributed by atoms with van der Waals surface area (Å²) in [5.74, 6) is 1.08. The van der Waals surface area contributed by atoms with E-state index in [1.165, 1.54) is 6.07 Å². The minimum atomic E-state index is -0.449. The number of nitro benzene ring substituents is 1. The van der Waals surface area contributed by atoms with Crippen molar-refractivity contribution >= 4 is 37.5 Å². The van der Waals surface area contributed by atoms with Crippen LogP contribution < -0.4 is 4.74 Å². The molecule has 0 radical (unpaired) electrons. The number of hydrogen-bond acceptors (Lipinski definition) is 3. The van der Waals surface area contributed by atoms with Crippen molar-refractivity contribution in [3.63, 3.8) is 0 Å². The zero-order valence-electron chi connectivity index (χ0n) is 11.5. The van der Waals surface area contributed by atoms with E-state index in [0.29, 0.717) is 5.75 Å². The first-order chi connectivity index (χ1) is 9.88. The van der Waals surface area contributed by atoms with E-state index in [2.05, 4.69) is 31.9 Å². The second-order valence-electron chi connectivity index (χ2n) is 4.81. The number of ether oxygens (including phenoxy) is 1. The van der Waals surface area contributed by atoms with Crippen molar-refractivity contribution in [1.29, 1.82) is 0 Å². The van der Waals surface area contributed by atoms with Crippen molar-refractivity contribution in [3.05, 3.63) is 61.0 Å². The Morgan fingerprint density at radius 2 is 1.67 bits per heavy atom. The van der Waals surface area contributed by atoms with Gasteiger partial charge in [0, 0.05) is 21.1 Å². The smallest absolute Gasteiger partial charge is 0.311 e. The van der Waals surface area contributed by atoms with E-state index in [9.17, 15) is 10.1 Å². The van der Waals surface area contributed by atoms with Crippen LogP contribution in [-0.2, 0) is 0 Å². The van der Waals surface area contributed by atoms with Crippen LogP contribution in [0.4, 0.5) is 5.69 Å². The molecule has 0 bridgehead atoms. The van der Waals surface area contributed by atoms with Crippen molar-refractivity contribution in [3.8, 4) is 11.5 Å². The first-order valence-corrected chi connectivity index (χ1v) is 7.88. The molecule has 0 saturated heterocycles. The maximum atomic E-state index is 11.1. The average molecular weight is 415 g/mol. The van der Waals surface area contributed by atoms with Gasteiger partial charge in [0.1, 0.15) is 5.75 Å². The molecule has 0 N–H and O–H groups in total. The highest BCUT2D eigenvalue weighted by Gasteiger charge is 2.18. The molecule has 0 atom stereocenters. The standard InChI is InChI=1S/C15H13Br2NO3/c1-9(2)12-7-10(16)4-6-14(12)21-15-8-11(17)3-5-13(15)18(19)20/h3-9H,1-2H3. The molecule has 2 aromatic carbocycles. The third kappa shape index (κ3) is 3.83. The molecule has 2 aromatic rings. The summed E-state index contributed by atoms with van der Waals surface area (Å²) in [5, 5.41) is 11.1. The highest BCUT2D eigenvalue weighted by Crippen LogP contribution is 2.37. The van der Waals surface area contributed by atoms with Gasteiger partial charge in [-0.2, -0.15) is 0 Å². The monoisotopic (exact) mass is 413 g/mol. The summed E-state index contributed by atoms with van der Waals surface area (Å²) < 4.78 is 7.48. The molecule has 0 fully saturated rings. The van der Waals surface area contributed by atoms with E-state index in [1.807, 2.05) is 32.0 Å². The maximum Gasteiger partial charge on any atom is 0.311 e. The molecule has 0 unspecified atom stereocenters. The average Bonchev–Trinajstić information content (AvgIpc) is 2.40. The van der Waals surface area contributed by atoms with Crippen molar-refractivity contribution in [2.24, 2.45) is 0 Å². The van der Waals surface area contributed by atoms with Crippen molar-refractivity contribution in [2.45, 2.75) is 19.8 Å². The van der Waals surface area contributed by atoms with Crippen LogP contribution in [0.15, 0.2) is 45.3 Å². The highest BCUT2D eigenvalue weighted by molar-refractivity contribution is 9.10. The normalized spacial score (nSPS) is 10.7. The zero-order chi connectivity index (χ0) is 15.6. The van der Waals surface area contributed by atoms with Crippen LogP contribution in [0.25, 0.3) is 0 Å². The fourth-order valence-corrected chi connectivity index (χ4v) is 2.62. The topological polar surface area (TPSA) is 52.4 Å². The Kier molecular flexibility index (Phi) is 5.00. The molecule has 0 aromatic heterocycles. The second kappa shape index (κ2) is 6.58. The van der Waals surface area contributed by atoms with Gasteiger partial charge in [0.05, 0.1) is 4.92 Å². The Morgan fingerprint density at radius 3 is 2.29 bits per heavy atom. The van der Waals surface area contributed by atoms with Crippen molar-refractivity contribution in [2.75, 3.05) is 0 Å². The van der Waals surface area contributed by atoms with Crippen LogP contribution in [0.3, 0.4) is 0 Å². The third-order valence-corrected chi connectivity index (χ3v) is 3.92. The van der Waals surface area contributed by atoms with E-state index in [1.54, 1.807) is 12.1 Å². The van der Waals surface area contributed by atoms with Crippen molar-refractivity contribution < 1.29 is 9.66 Å². The quantitative estimate of drug-likeness (QED) is 0.452. The lowest BCUT2D eigenvalue weighted by atomic mass is 10.0. The van der Waals surface area contributed by atoms with E-state index in [0.717, 1.165) is 14.5 Å². The Balaban J connectivity index is 2.47. The van der Waals surface area contributed by atoms with Gasteiger partial charge in [-0.15, -0.1) is 0 Å². The van der Waals surface area contributed by atoms with Crippen LogP contribution in [0.5, 0.6) is 11.5 Å². The summed E-state index contributed by atoms with van der Waals surface area (Å²) in [6.45, 7) is 4.09. The van der Waals surface area contributed by atoms with Crippen LogP contribution in [0, 0.1) is 10.1 Å². The van der Waals surface area contributed by atoms with Gasteiger partial charge in [-0.3, -0.25) is 10.1 Å². The van der Waals surface area contributed by atoms with Gasteiger partial charge in [-0.25, -0.2) is 0 Å². The molecule has 0 aliphatic carbocycles. The molecule has 2 rings (SSSR count). The number of benzene rings is 2. The Bertz CT molecular complexity index is 687. The summed E-state index contributed by atoms with van der Waals surface area (Å²) in [6.07, 6.45) is 0. The molecule has 0 spiro atoms. The van der Waals surface area contributed by atoms with Crippen molar-refractivity contribution in [1.82, 2.24) is 0 Å². The molecule has 0 heterocycles. The number of nitro groups is 1. The Hall–Kier alpha value is -1.40. The minimum Gasteiger partial charge on any atom is -0.450 e. The predicted octanol–water partition coefficient (Wildman–Crippen LogP) is 6.04. The molecular weight excluding hydrogens is 402 g/mol. The van der Waals surface area contributed by atoms with Gasteiger partial charge in [0.25, 0.3) is 0 Å². The molecule has 110 valence electrons. The van der Waals surface area contributed by atoms with E-state index in [-0.39, 0.29) is 17.4 Å². The van der Waals surface area contributed by atoms with Gasteiger partial charge in [-0.05, 0) is 35.7 Å². The van der Waals surface area contributed by atoms with Crippen LogP contribution in [0.2, 0.25) is 0 Å². The van der Waals surface area contributed by atoms with E-state index < -0.39 is 4.92 Å². The molecular formula is C15H13Br2NO3. The minimum absolute atomic E-state index is 0.0594. The summed E-state index contributed by atoms with van der Waals surface area (Å²) >= 11 is 6.74. The second-order valence-corrected chi connectivity index (χ2v) is 6.64. The number of nitrogens with zero attached hydrogens (tertiary/aromatic N) is 1. The number of rotatable bonds is 4. The first kappa shape index (κ1) is 16.0. The van der Waals surface area contributed by atoms with Gasteiger partial charge in [0.15, 0.2) is 0 Å². The molecule has 0 aliphatic heterocycles. The predicted molar refractivity (Wildman–Crippen MR) is 89.1 cm³/mol. The number of hydrogen-bond donors (Lipinski definition) is 0. The van der Waals surface area contributed by atoms with Crippen LogP contribution in [0.1, 0.15) is 25.3 Å². The Morgan fingerprint density at radius 1 is 1.05 bits per heavy atom. The fraction of sp³-hybridized carbons (Fsp3) is 0.200. The van der Waals surface area contributed by atoms with E-state index in [4.69, 9.17) is 4.74 Å². The molecule has 0 aliphatic rings. The highest BCUT2D eigenvalue weighted by atomic mass is 79.9. The molecule has 0 amide bonds. The first-order valence-electron chi connectivity index (χ1n) is 6.29. The SMILES string of the molecule is CC(C)c1cc(Br)ccc1Oc1cc(Br)ccc1[N+](=O)[O-].